The molecule has 1 saturated heterocycles. The van der Waals surface area contributed by atoms with E-state index < -0.39 is 0 Å². The average Bonchev–Trinajstić information content (AvgIpc) is 2.94. The van der Waals surface area contributed by atoms with Crippen molar-refractivity contribution in [2.24, 2.45) is 4.99 Å². The van der Waals surface area contributed by atoms with Gasteiger partial charge in [0.25, 0.3) is 0 Å². The summed E-state index contributed by atoms with van der Waals surface area (Å²) in [5.41, 5.74) is 2.06. The lowest BCUT2D eigenvalue weighted by Crippen LogP contribution is -2.50. The Morgan fingerprint density at radius 3 is 2.65 bits per heavy atom. The summed E-state index contributed by atoms with van der Waals surface area (Å²) >= 11 is 0. The van der Waals surface area contributed by atoms with Crippen LogP contribution in [0.5, 0.6) is 0 Å². The number of likely N-dealkylation sites (tertiary alicyclic amines) is 1. The van der Waals surface area contributed by atoms with Gasteiger partial charge in [0.05, 0.1) is 12.3 Å². The topological polar surface area (TPSA) is 92.0 Å². The van der Waals surface area contributed by atoms with E-state index in [-0.39, 0.29) is 6.09 Å². The van der Waals surface area contributed by atoms with Gasteiger partial charge in [-0.2, -0.15) is 0 Å². The molecule has 0 atom stereocenters. The molecule has 1 amide bonds. The van der Waals surface area contributed by atoms with Gasteiger partial charge in [0.1, 0.15) is 5.76 Å². The SMILES string of the molecule is CCNC(=NCCc1c(C)noc1C)NC1CCN(C(=O)OCC)CC1. The molecular formula is C18H31N5O3. The van der Waals surface area contributed by atoms with Gasteiger partial charge in [-0.15, -0.1) is 0 Å². The Morgan fingerprint density at radius 1 is 1.35 bits per heavy atom. The smallest absolute Gasteiger partial charge is 0.409 e. The van der Waals surface area contributed by atoms with E-state index in [1.54, 1.807) is 4.90 Å². The predicted octanol–water partition coefficient (Wildman–Crippen LogP) is 2.01. The van der Waals surface area contributed by atoms with E-state index in [9.17, 15) is 4.79 Å². The van der Waals surface area contributed by atoms with Crippen molar-refractivity contribution in [3.05, 3.63) is 17.0 Å². The lowest BCUT2D eigenvalue weighted by molar-refractivity contribution is 0.0963. The molecule has 2 rings (SSSR count). The van der Waals surface area contributed by atoms with Crippen LogP contribution in [0.15, 0.2) is 9.52 Å². The van der Waals surface area contributed by atoms with Crippen molar-refractivity contribution in [3.63, 3.8) is 0 Å². The summed E-state index contributed by atoms with van der Waals surface area (Å²) in [5.74, 6) is 1.68. The molecule has 26 heavy (non-hydrogen) atoms. The minimum Gasteiger partial charge on any atom is -0.450 e. The number of aliphatic imine (C=N–C) groups is 1. The van der Waals surface area contributed by atoms with Crippen LogP contribution < -0.4 is 10.6 Å². The van der Waals surface area contributed by atoms with E-state index in [0.717, 1.165) is 48.8 Å². The molecule has 0 saturated carbocycles. The maximum Gasteiger partial charge on any atom is 0.409 e. The molecule has 1 aliphatic rings. The Bertz CT molecular complexity index is 586. The van der Waals surface area contributed by atoms with Gasteiger partial charge in [-0.05, 0) is 47.0 Å². The highest BCUT2D eigenvalue weighted by Gasteiger charge is 2.24. The van der Waals surface area contributed by atoms with Gasteiger partial charge >= 0.3 is 6.09 Å². The Labute approximate surface area is 155 Å². The number of nitrogens with one attached hydrogen (secondary N) is 2. The first-order valence-electron chi connectivity index (χ1n) is 9.43. The Hall–Kier alpha value is -2.25. The highest BCUT2D eigenvalue weighted by molar-refractivity contribution is 5.80. The zero-order valence-corrected chi connectivity index (χ0v) is 16.3. The van der Waals surface area contributed by atoms with Crippen molar-refractivity contribution in [2.75, 3.05) is 32.8 Å². The molecule has 0 unspecified atom stereocenters. The second-order valence-corrected chi connectivity index (χ2v) is 6.42. The highest BCUT2D eigenvalue weighted by atomic mass is 16.6. The number of hydrogen-bond donors (Lipinski definition) is 2. The highest BCUT2D eigenvalue weighted by Crippen LogP contribution is 2.13. The number of piperidine rings is 1. The number of amides is 1. The summed E-state index contributed by atoms with van der Waals surface area (Å²) in [6, 6.07) is 0.303. The lowest BCUT2D eigenvalue weighted by atomic mass is 10.1. The number of nitrogens with zero attached hydrogens (tertiary/aromatic N) is 3. The molecule has 0 aliphatic carbocycles. The fourth-order valence-corrected chi connectivity index (χ4v) is 3.07. The van der Waals surface area contributed by atoms with Crippen LogP contribution in [-0.4, -0.2) is 60.9 Å². The van der Waals surface area contributed by atoms with Crippen LogP contribution in [0.1, 0.15) is 43.7 Å². The summed E-state index contributed by atoms with van der Waals surface area (Å²) in [4.78, 5) is 18.2. The van der Waals surface area contributed by atoms with Crippen LogP contribution in [0.4, 0.5) is 4.79 Å². The van der Waals surface area contributed by atoms with Crippen LogP contribution in [-0.2, 0) is 11.2 Å². The van der Waals surface area contributed by atoms with Crippen LogP contribution in [0, 0.1) is 13.8 Å². The molecule has 2 N–H and O–H groups in total. The van der Waals surface area contributed by atoms with Crippen molar-refractivity contribution in [1.82, 2.24) is 20.7 Å². The molecule has 0 radical (unpaired) electrons. The fraction of sp³-hybridized carbons (Fsp3) is 0.722. The van der Waals surface area contributed by atoms with E-state index >= 15 is 0 Å². The monoisotopic (exact) mass is 365 g/mol. The predicted molar refractivity (Wildman–Crippen MR) is 100 cm³/mol. The fourth-order valence-electron chi connectivity index (χ4n) is 3.07. The van der Waals surface area contributed by atoms with E-state index in [1.807, 2.05) is 20.8 Å². The third-order valence-electron chi connectivity index (χ3n) is 4.52. The zero-order chi connectivity index (χ0) is 18.9. The lowest BCUT2D eigenvalue weighted by Gasteiger charge is -2.32. The second-order valence-electron chi connectivity index (χ2n) is 6.42. The zero-order valence-electron chi connectivity index (χ0n) is 16.3. The van der Waals surface area contributed by atoms with Gasteiger partial charge < -0.3 is 24.8 Å². The number of ether oxygens (including phenoxy) is 1. The second kappa shape index (κ2) is 10.0. The van der Waals surface area contributed by atoms with E-state index in [0.29, 0.717) is 32.3 Å². The largest absolute Gasteiger partial charge is 0.450 e. The number of aromatic nitrogens is 1. The minimum absolute atomic E-state index is 0.217. The summed E-state index contributed by atoms with van der Waals surface area (Å²) in [5, 5.41) is 10.7. The van der Waals surface area contributed by atoms with E-state index in [2.05, 4.69) is 27.7 Å². The third-order valence-corrected chi connectivity index (χ3v) is 4.52. The quantitative estimate of drug-likeness (QED) is 0.592. The van der Waals surface area contributed by atoms with Crippen LogP contribution in [0.3, 0.4) is 0 Å². The molecule has 146 valence electrons. The Morgan fingerprint density at radius 2 is 2.08 bits per heavy atom. The molecule has 2 heterocycles. The minimum atomic E-state index is -0.217. The number of guanidine groups is 1. The first kappa shape index (κ1) is 20.1. The third kappa shape index (κ3) is 5.64. The molecule has 0 aromatic carbocycles. The van der Waals surface area contributed by atoms with Crippen molar-refractivity contribution in [1.29, 1.82) is 0 Å². The van der Waals surface area contributed by atoms with Gasteiger partial charge in [0.2, 0.25) is 0 Å². The van der Waals surface area contributed by atoms with Crippen molar-refractivity contribution < 1.29 is 14.1 Å². The maximum atomic E-state index is 11.8. The first-order valence-corrected chi connectivity index (χ1v) is 9.43. The standard InChI is InChI=1S/C18H31N5O3/c1-5-19-17(20-10-7-16-13(3)22-26-14(16)4)21-15-8-11-23(12-9-15)18(24)25-6-2/h15H,5-12H2,1-4H3,(H2,19,20,21). The summed E-state index contributed by atoms with van der Waals surface area (Å²) < 4.78 is 10.3. The molecule has 1 aliphatic heterocycles. The van der Waals surface area contributed by atoms with Gasteiger partial charge in [0, 0.05) is 37.8 Å². The summed E-state index contributed by atoms with van der Waals surface area (Å²) in [6.45, 7) is 11.1. The number of carbonyl (C=O) groups excluding carboxylic acids is 1. The Balaban J connectivity index is 1.83. The van der Waals surface area contributed by atoms with Crippen molar-refractivity contribution >= 4 is 12.1 Å². The summed E-state index contributed by atoms with van der Waals surface area (Å²) in [7, 11) is 0. The normalized spacial score (nSPS) is 15.8. The van der Waals surface area contributed by atoms with Gasteiger partial charge in [-0.3, -0.25) is 4.99 Å². The van der Waals surface area contributed by atoms with Crippen molar-refractivity contribution in [2.45, 2.75) is 53.0 Å². The Kier molecular flexibility index (Phi) is 7.74. The molecule has 1 aromatic heterocycles. The number of carbonyl (C=O) groups is 1. The van der Waals surface area contributed by atoms with Crippen LogP contribution in [0.2, 0.25) is 0 Å². The van der Waals surface area contributed by atoms with E-state index in [1.165, 1.54) is 0 Å². The van der Waals surface area contributed by atoms with E-state index in [4.69, 9.17) is 9.26 Å². The maximum absolute atomic E-state index is 11.8. The molecule has 1 aromatic rings. The van der Waals surface area contributed by atoms with Gasteiger partial charge in [-0.25, -0.2) is 4.79 Å². The average molecular weight is 365 g/mol. The molecule has 1 fully saturated rings. The molecule has 0 spiro atoms. The molecule has 8 heteroatoms. The van der Waals surface area contributed by atoms with Crippen LogP contribution >= 0.6 is 0 Å². The van der Waals surface area contributed by atoms with Gasteiger partial charge in [0.15, 0.2) is 5.96 Å². The number of rotatable bonds is 6. The molecular weight excluding hydrogens is 334 g/mol. The van der Waals surface area contributed by atoms with Crippen LogP contribution in [0.25, 0.3) is 0 Å². The number of hydrogen-bond acceptors (Lipinski definition) is 5. The molecule has 0 bridgehead atoms. The summed E-state index contributed by atoms with van der Waals surface area (Å²) in [6.07, 6.45) is 2.35. The molecule has 8 nitrogen and oxygen atoms in total. The first-order chi connectivity index (χ1) is 12.5. The number of aryl methyl sites for hydroxylation is 2. The van der Waals surface area contributed by atoms with Crippen molar-refractivity contribution in [3.8, 4) is 0 Å². The van der Waals surface area contributed by atoms with Gasteiger partial charge in [-0.1, -0.05) is 5.16 Å².